The molecule has 7 heteroatoms. The number of carbonyl (C=O) groups is 1. The molecular formula is C22H25N5O2. The predicted molar refractivity (Wildman–Crippen MR) is 109 cm³/mol. The Balaban J connectivity index is 1.49. The molecule has 1 unspecified atom stereocenters. The molecule has 150 valence electrons. The maximum absolute atomic E-state index is 12.8. The first-order chi connectivity index (χ1) is 14.0. The van der Waals surface area contributed by atoms with E-state index in [9.17, 15) is 9.59 Å². The molecule has 0 saturated heterocycles. The summed E-state index contributed by atoms with van der Waals surface area (Å²) in [6.07, 6.45) is 3.90. The SMILES string of the molecule is Cc1cccnc1C(NC(=O)Cn1nc(C)n(Cc2ccccc2)c1=O)C1CC1. The number of nitrogens with zero attached hydrogens (tertiary/aromatic N) is 4. The Labute approximate surface area is 169 Å². The van der Waals surface area contributed by atoms with Crippen LogP contribution < -0.4 is 11.0 Å². The lowest BCUT2D eigenvalue weighted by molar-refractivity contribution is -0.122. The first-order valence-corrected chi connectivity index (χ1v) is 9.92. The Morgan fingerprint density at radius 3 is 2.62 bits per heavy atom. The number of rotatable bonds is 7. The molecule has 1 fully saturated rings. The van der Waals surface area contributed by atoms with Crippen LogP contribution in [0.1, 0.15) is 41.5 Å². The molecule has 0 aliphatic heterocycles. The van der Waals surface area contributed by atoms with E-state index in [-0.39, 0.29) is 24.2 Å². The summed E-state index contributed by atoms with van der Waals surface area (Å²) in [5, 5.41) is 7.37. The van der Waals surface area contributed by atoms with Crippen molar-refractivity contribution in [1.29, 1.82) is 0 Å². The van der Waals surface area contributed by atoms with Crippen molar-refractivity contribution in [2.24, 2.45) is 5.92 Å². The van der Waals surface area contributed by atoms with Gasteiger partial charge < -0.3 is 5.32 Å². The molecule has 1 aromatic carbocycles. The van der Waals surface area contributed by atoms with Gasteiger partial charge in [0.05, 0.1) is 18.3 Å². The lowest BCUT2D eigenvalue weighted by atomic mass is 10.0. The Morgan fingerprint density at radius 1 is 1.17 bits per heavy atom. The van der Waals surface area contributed by atoms with E-state index in [1.54, 1.807) is 17.7 Å². The molecule has 1 N–H and O–H groups in total. The van der Waals surface area contributed by atoms with Crippen molar-refractivity contribution >= 4 is 5.91 Å². The summed E-state index contributed by atoms with van der Waals surface area (Å²) in [7, 11) is 0. The van der Waals surface area contributed by atoms with Gasteiger partial charge in [-0.2, -0.15) is 5.10 Å². The molecule has 29 heavy (non-hydrogen) atoms. The smallest absolute Gasteiger partial charge is 0.346 e. The number of aromatic nitrogens is 4. The summed E-state index contributed by atoms with van der Waals surface area (Å²) in [6, 6.07) is 13.5. The van der Waals surface area contributed by atoms with E-state index in [1.165, 1.54) is 4.68 Å². The second-order valence-corrected chi connectivity index (χ2v) is 7.65. The van der Waals surface area contributed by atoms with E-state index in [1.807, 2.05) is 49.4 Å². The number of benzene rings is 1. The van der Waals surface area contributed by atoms with E-state index < -0.39 is 0 Å². The molecule has 0 bridgehead atoms. The van der Waals surface area contributed by atoms with Crippen LogP contribution in [-0.2, 0) is 17.9 Å². The highest BCUT2D eigenvalue weighted by atomic mass is 16.2. The Hall–Kier alpha value is -3.22. The zero-order chi connectivity index (χ0) is 20.4. The van der Waals surface area contributed by atoms with Gasteiger partial charge in [-0.1, -0.05) is 36.4 Å². The number of aryl methyl sites for hydroxylation is 2. The van der Waals surface area contributed by atoms with E-state index >= 15 is 0 Å². The van der Waals surface area contributed by atoms with Crippen LogP contribution in [0.2, 0.25) is 0 Å². The van der Waals surface area contributed by atoms with Crippen molar-refractivity contribution in [3.63, 3.8) is 0 Å². The number of hydrogen-bond donors (Lipinski definition) is 1. The number of nitrogens with one attached hydrogen (secondary N) is 1. The average molecular weight is 391 g/mol. The fraction of sp³-hybridized carbons (Fsp3) is 0.364. The lowest BCUT2D eigenvalue weighted by Crippen LogP contribution is -2.37. The first kappa shape index (κ1) is 19.1. The number of amides is 1. The van der Waals surface area contributed by atoms with Crippen molar-refractivity contribution in [3.8, 4) is 0 Å². The van der Waals surface area contributed by atoms with Gasteiger partial charge in [0.2, 0.25) is 5.91 Å². The third-order valence-electron chi connectivity index (χ3n) is 5.34. The van der Waals surface area contributed by atoms with Gasteiger partial charge in [-0.25, -0.2) is 9.48 Å². The quantitative estimate of drug-likeness (QED) is 0.670. The van der Waals surface area contributed by atoms with Crippen molar-refractivity contribution < 1.29 is 4.79 Å². The molecule has 2 aromatic heterocycles. The summed E-state index contributed by atoms with van der Waals surface area (Å²) >= 11 is 0. The Morgan fingerprint density at radius 2 is 1.93 bits per heavy atom. The van der Waals surface area contributed by atoms with Gasteiger partial charge in [-0.05, 0) is 49.8 Å². The van der Waals surface area contributed by atoms with E-state index in [4.69, 9.17) is 0 Å². The third kappa shape index (κ3) is 4.29. The molecule has 3 aromatic rings. The van der Waals surface area contributed by atoms with E-state index in [2.05, 4.69) is 15.4 Å². The highest BCUT2D eigenvalue weighted by Gasteiger charge is 2.35. The standard InChI is InChI=1S/C22H25N5O2/c1-15-7-6-12-23-20(15)21(18-10-11-18)24-19(28)14-27-22(29)26(16(2)25-27)13-17-8-4-3-5-9-17/h3-9,12,18,21H,10-11,13-14H2,1-2H3,(H,24,28). The van der Waals surface area contributed by atoms with Crippen LogP contribution in [-0.4, -0.2) is 25.2 Å². The van der Waals surface area contributed by atoms with Gasteiger partial charge in [-0.3, -0.25) is 14.3 Å². The van der Waals surface area contributed by atoms with Crippen LogP contribution in [0.3, 0.4) is 0 Å². The predicted octanol–water partition coefficient (Wildman–Crippen LogP) is 2.37. The molecular weight excluding hydrogens is 366 g/mol. The van der Waals surface area contributed by atoms with Gasteiger partial charge in [0.1, 0.15) is 12.4 Å². The number of pyridine rings is 1. The molecule has 1 atom stereocenters. The Kier molecular flexibility index (Phi) is 5.29. The fourth-order valence-electron chi connectivity index (χ4n) is 3.62. The molecule has 4 rings (SSSR count). The summed E-state index contributed by atoms with van der Waals surface area (Å²) < 4.78 is 2.83. The third-order valence-corrected chi connectivity index (χ3v) is 5.34. The summed E-state index contributed by atoms with van der Waals surface area (Å²) in [4.78, 5) is 30.0. The molecule has 1 aliphatic carbocycles. The highest BCUT2D eigenvalue weighted by molar-refractivity contribution is 5.76. The molecule has 0 spiro atoms. The number of hydrogen-bond acceptors (Lipinski definition) is 4. The van der Waals surface area contributed by atoms with Crippen molar-refractivity contribution in [3.05, 3.63) is 81.8 Å². The van der Waals surface area contributed by atoms with Gasteiger partial charge in [0, 0.05) is 6.20 Å². The maximum Gasteiger partial charge on any atom is 0.346 e. The zero-order valence-corrected chi connectivity index (χ0v) is 16.7. The summed E-state index contributed by atoms with van der Waals surface area (Å²) in [6.45, 7) is 4.12. The molecule has 1 amide bonds. The second-order valence-electron chi connectivity index (χ2n) is 7.65. The van der Waals surface area contributed by atoms with Crippen LogP contribution in [0.25, 0.3) is 0 Å². The van der Waals surface area contributed by atoms with Gasteiger partial charge in [-0.15, -0.1) is 0 Å². The minimum Gasteiger partial charge on any atom is -0.346 e. The summed E-state index contributed by atoms with van der Waals surface area (Å²) in [5.41, 5.74) is 2.70. The maximum atomic E-state index is 12.8. The van der Waals surface area contributed by atoms with Crippen LogP contribution >= 0.6 is 0 Å². The number of carbonyl (C=O) groups excluding carboxylic acids is 1. The monoisotopic (exact) mass is 391 g/mol. The van der Waals surface area contributed by atoms with Gasteiger partial charge >= 0.3 is 5.69 Å². The topological polar surface area (TPSA) is 81.8 Å². The largest absolute Gasteiger partial charge is 0.346 e. The van der Waals surface area contributed by atoms with Crippen molar-refractivity contribution in [2.45, 2.75) is 45.8 Å². The minimum atomic E-state index is -0.279. The average Bonchev–Trinajstić information content (AvgIpc) is 3.52. The van der Waals surface area contributed by atoms with Crippen molar-refractivity contribution in [2.75, 3.05) is 0 Å². The molecule has 0 radical (unpaired) electrons. The lowest BCUT2D eigenvalue weighted by Gasteiger charge is -2.19. The molecule has 2 heterocycles. The van der Waals surface area contributed by atoms with Gasteiger partial charge in [0.15, 0.2) is 0 Å². The van der Waals surface area contributed by atoms with Crippen molar-refractivity contribution in [1.82, 2.24) is 24.6 Å². The van der Waals surface area contributed by atoms with Crippen LogP contribution in [0.15, 0.2) is 53.5 Å². The van der Waals surface area contributed by atoms with Crippen LogP contribution in [0.4, 0.5) is 0 Å². The highest BCUT2D eigenvalue weighted by Crippen LogP contribution is 2.41. The molecule has 7 nitrogen and oxygen atoms in total. The van der Waals surface area contributed by atoms with E-state index in [0.717, 1.165) is 29.7 Å². The Bertz CT molecular complexity index is 1070. The zero-order valence-electron chi connectivity index (χ0n) is 16.7. The van der Waals surface area contributed by atoms with E-state index in [0.29, 0.717) is 18.3 Å². The molecule has 1 aliphatic rings. The normalized spacial score (nSPS) is 14.6. The van der Waals surface area contributed by atoms with Crippen LogP contribution in [0.5, 0.6) is 0 Å². The second kappa shape index (κ2) is 8.03. The minimum absolute atomic E-state index is 0.101. The summed E-state index contributed by atoms with van der Waals surface area (Å²) in [5.74, 6) is 0.769. The van der Waals surface area contributed by atoms with Crippen LogP contribution in [0, 0.1) is 19.8 Å². The van der Waals surface area contributed by atoms with Gasteiger partial charge in [0.25, 0.3) is 0 Å². The molecule has 1 saturated carbocycles. The first-order valence-electron chi connectivity index (χ1n) is 9.92. The fourth-order valence-corrected chi connectivity index (χ4v) is 3.62.